The summed E-state index contributed by atoms with van der Waals surface area (Å²) in [4.78, 5) is 29.1. The Bertz CT molecular complexity index is 1060. The topological polar surface area (TPSA) is 106 Å². The van der Waals surface area contributed by atoms with Crippen LogP contribution in [0.4, 0.5) is 0 Å². The fraction of sp³-hybridized carbons (Fsp3) is 0.0909. The van der Waals surface area contributed by atoms with Crippen LogP contribution in [0.3, 0.4) is 0 Å². The molecule has 149 valence electrons. The second-order valence-corrected chi connectivity index (χ2v) is 6.09. The van der Waals surface area contributed by atoms with Crippen molar-refractivity contribution >= 4 is 33.7 Å². The van der Waals surface area contributed by atoms with Crippen LogP contribution in [0.2, 0.25) is 0 Å². The van der Waals surface area contributed by atoms with Crippen LogP contribution in [0.25, 0.3) is 21.8 Å². The molecule has 0 fully saturated rings. The smallest absolute Gasteiger partial charge is 0.550 e. The van der Waals surface area contributed by atoms with Crippen LogP contribution < -0.4 is 10.2 Å². The fourth-order valence-corrected chi connectivity index (χ4v) is 2.71. The van der Waals surface area contributed by atoms with Gasteiger partial charge in [-0.05, 0) is 24.3 Å². The van der Waals surface area contributed by atoms with E-state index in [-0.39, 0.29) is 29.9 Å². The van der Waals surface area contributed by atoms with Crippen molar-refractivity contribution in [3.8, 4) is 0 Å². The van der Waals surface area contributed by atoms with Gasteiger partial charge in [-0.2, -0.15) is 0 Å². The molecular formula is C22H16CuN2O4. The number of carboxylic acids is 2. The molecule has 2 heterocycles. The second kappa shape index (κ2) is 10.3. The summed E-state index contributed by atoms with van der Waals surface area (Å²) in [6.07, 6.45) is -0.268. The number of carbonyl (C=O) groups is 2. The van der Waals surface area contributed by atoms with Gasteiger partial charge in [-0.3, -0.25) is 9.97 Å². The Balaban J connectivity index is 0.000000200. The zero-order chi connectivity index (χ0) is 19.9. The summed E-state index contributed by atoms with van der Waals surface area (Å²) in [5.41, 5.74) is 2.69. The van der Waals surface area contributed by atoms with Gasteiger partial charge in [-0.25, -0.2) is 0 Å². The van der Waals surface area contributed by atoms with Gasteiger partial charge in [0.15, 0.2) is 0 Å². The van der Waals surface area contributed by atoms with Crippen LogP contribution in [0.15, 0.2) is 72.8 Å². The summed E-state index contributed by atoms with van der Waals surface area (Å²) >= 11 is 0. The number of para-hydroxylation sites is 2. The molecule has 4 aromatic rings. The van der Waals surface area contributed by atoms with Crippen LogP contribution in [-0.4, -0.2) is 21.9 Å². The summed E-state index contributed by atoms with van der Waals surface area (Å²) in [6, 6.07) is 22.3. The third-order valence-corrected chi connectivity index (χ3v) is 3.96. The monoisotopic (exact) mass is 435 g/mol. The Labute approximate surface area is 177 Å². The van der Waals surface area contributed by atoms with E-state index in [1.54, 1.807) is 12.1 Å². The molecule has 0 unspecified atom stereocenters. The number of hydrogen-bond acceptors (Lipinski definition) is 6. The molecule has 0 atom stereocenters. The summed E-state index contributed by atoms with van der Waals surface area (Å²) in [5, 5.41) is 22.7. The minimum Gasteiger partial charge on any atom is -0.550 e. The first-order valence-corrected chi connectivity index (χ1v) is 8.60. The molecular weight excluding hydrogens is 420 g/mol. The molecule has 6 nitrogen and oxygen atoms in total. The van der Waals surface area contributed by atoms with E-state index in [0.29, 0.717) is 11.4 Å². The number of aliphatic carboxylic acids is 2. The van der Waals surface area contributed by atoms with Gasteiger partial charge < -0.3 is 19.8 Å². The van der Waals surface area contributed by atoms with Gasteiger partial charge in [-0.15, -0.1) is 0 Å². The predicted molar refractivity (Wildman–Crippen MR) is 101 cm³/mol. The third kappa shape index (κ3) is 6.38. The molecule has 0 aliphatic carbocycles. The molecule has 1 radical (unpaired) electrons. The summed E-state index contributed by atoms with van der Waals surface area (Å²) < 4.78 is 0. The molecule has 4 rings (SSSR count). The third-order valence-electron chi connectivity index (χ3n) is 3.96. The number of aromatic nitrogens is 2. The number of carbonyl (C=O) groups excluding carboxylic acids is 2. The van der Waals surface area contributed by atoms with E-state index in [0.717, 1.165) is 21.8 Å². The number of pyridine rings is 2. The molecule has 7 heteroatoms. The summed E-state index contributed by atoms with van der Waals surface area (Å²) in [6.45, 7) is 0. The molecule has 0 spiro atoms. The maximum absolute atomic E-state index is 10.4. The van der Waals surface area contributed by atoms with E-state index in [1.165, 1.54) is 0 Å². The van der Waals surface area contributed by atoms with Crippen LogP contribution in [0.5, 0.6) is 0 Å². The number of carboxylic acid groups (broad SMARTS) is 2. The number of fused-ring (bicyclic) bond motifs is 2. The molecule has 0 aliphatic rings. The molecule has 2 aromatic carbocycles. The number of rotatable bonds is 4. The number of hydrogen-bond donors (Lipinski definition) is 0. The van der Waals surface area contributed by atoms with Crippen molar-refractivity contribution in [2.24, 2.45) is 0 Å². The molecule has 0 aliphatic heterocycles. The first-order chi connectivity index (χ1) is 13.5. The zero-order valence-electron chi connectivity index (χ0n) is 15.2. The maximum Gasteiger partial charge on any atom is 2.00 e. The first kappa shape index (κ1) is 22.0. The van der Waals surface area contributed by atoms with Crippen LogP contribution >= 0.6 is 0 Å². The van der Waals surface area contributed by atoms with Crippen LogP contribution in [0.1, 0.15) is 11.4 Å². The molecule has 0 saturated heterocycles. The van der Waals surface area contributed by atoms with Crippen molar-refractivity contribution in [3.05, 3.63) is 84.2 Å². The average Bonchev–Trinajstić information content (AvgIpc) is 2.67. The first-order valence-electron chi connectivity index (χ1n) is 8.60. The fourth-order valence-electron chi connectivity index (χ4n) is 2.71. The normalized spacial score (nSPS) is 9.93. The van der Waals surface area contributed by atoms with Crippen molar-refractivity contribution in [1.82, 2.24) is 9.97 Å². The SMILES string of the molecule is O=C([O-])Cc1ccc2ccccc2n1.O=C([O-])Cc1ccc2ccccc2n1.[Cu+2]. The Morgan fingerprint density at radius 2 is 1.00 bits per heavy atom. The van der Waals surface area contributed by atoms with Crippen molar-refractivity contribution in [2.45, 2.75) is 12.8 Å². The van der Waals surface area contributed by atoms with Crippen molar-refractivity contribution in [1.29, 1.82) is 0 Å². The molecule has 0 amide bonds. The largest absolute Gasteiger partial charge is 2.00 e. The van der Waals surface area contributed by atoms with Crippen LogP contribution in [-0.2, 0) is 39.5 Å². The average molecular weight is 436 g/mol. The summed E-state index contributed by atoms with van der Waals surface area (Å²) in [5.74, 6) is -2.21. The quantitative estimate of drug-likeness (QED) is 0.443. The minimum absolute atomic E-state index is 0. The van der Waals surface area contributed by atoms with Crippen molar-refractivity contribution in [2.75, 3.05) is 0 Å². The summed E-state index contributed by atoms with van der Waals surface area (Å²) in [7, 11) is 0. The predicted octanol–water partition coefficient (Wildman–Crippen LogP) is 1.05. The Morgan fingerprint density at radius 1 is 0.621 bits per heavy atom. The van der Waals surface area contributed by atoms with E-state index in [4.69, 9.17) is 0 Å². The van der Waals surface area contributed by atoms with E-state index in [9.17, 15) is 19.8 Å². The minimum atomic E-state index is -1.10. The van der Waals surface area contributed by atoms with E-state index >= 15 is 0 Å². The van der Waals surface area contributed by atoms with Crippen LogP contribution in [0, 0.1) is 0 Å². The van der Waals surface area contributed by atoms with Gasteiger partial charge in [0.2, 0.25) is 0 Å². The van der Waals surface area contributed by atoms with E-state index in [2.05, 4.69) is 9.97 Å². The number of benzene rings is 2. The molecule has 29 heavy (non-hydrogen) atoms. The van der Waals surface area contributed by atoms with Gasteiger partial charge in [0, 0.05) is 46.9 Å². The van der Waals surface area contributed by atoms with Crippen molar-refractivity contribution in [3.63, 3.8) is 0 Å². The van der Waals surface area contributed by atoms with E-state index < -0.39 is 11.9 Å². The number of nitrogens with zero attached hydrogens (tertiary/aromatic N) is 2. The van der Waals surface area contributed by atoms with Gasteiger partial charge >= 0.3 is 17.1 Å². The Hall–Kier alpha value is -3.28. The van der Waals surface area contributed by atoms with Gasteiger partial charge in [0.25, 0.3) is 0 Å². The molecule has 0 saturated carbocycles. The second-order valence-electron chi connectivity index (χ2n) is 6.09. The van der Waals surface area contributed by atoms with E-state index in [1.807, 2.05) is 60.7 Å². The van der Waals surface area contributed by atoms with Gasteiger partial charge in [0.05, 0.1) is 11.0 Å². The standard InChI is InChI=1S/2C11H9NO2.Cu/c2*13-11(14)7-9-6-5-8-3-1-2-4-10(8)12-9;/h2*1-6H,7H2,(H,13,14);/q;;+2/p-2. The molecule has 2 aromatic heterocycles. The molecule has 0 N–H and O–H groups in total. The van der Waals surface area contributed by atoms with Gasteiger partial charge in [0.1, 0.15) is 0 Å². The maximum atomic E-state index is 10.4. The van der Waals surface area contributed by atoms with Crippen molar-refractivity contribution < 1.29 is 36.9 Å². The molecule has 0 bridgehead atoms. The Morgan fingerprint density at radius 3 is 1.38 bits per heavy atom. The Kier molecular flexibility index (Phi) is 7.83. The van der Waals surface area contributed by atoms with Gasteiger partial charge in [-0.1, -0.05) is 48.5 Å². The zero-order valence-corrected chi connectivity index (χ0v) is 16.1.